The van der Waals surface area contributed by atoms with E-state index in [1.165, 1.54) is 12.1 Å². The second kappa shape index (κ2) is 8.93. The van der Waals surface area contributed by atoms with Gasteiger partial charge in [0, 0.05) is 24.5 Å². The number of alkyl halides is 3. The number of rotatable bonds is 6. The van der Waals surface area contributed by atoms with Crippen LogP contribution < -0.4 is 10.6 Å². The Labute approximate surface area is 151 Å². The molecule has 0 saturated heterocycles. The summed E-state index contributed by atoms with van der Waals surface area (Å²) in [6.07, 6.45) is -4.12. The number of thiazole rings is 1. The second-order valence-corrected chi connectivity index (χ2v) is 6.22. The molecular weight excluding hydrogens is 375 g/mol. The van der Waals surface area contributed by atoms with Crippen molar-refractivity contribution in [2.75, 3.05) is 13.1 Å². The van der Waals surface area contributed by atoms with Gasteiger partial charge in [-0.05, 0) is 31.0 Å². The highest BCUT2D eigenvalue weighted by Crippen LogP contribution is 2.30. The van der Waals surface area contributed by atoms with E-state index in [1.54, 1.807) is 0 Å². The molecule has 142 valence electrons. The third-order valence-electron chi connectivity index (χ3n) is 3.19. The third kappa shape index (κ3) is 6.25. The standard InChI is InChI=1S/C16H17F5N4S/c1-2-22-15(23-4-3-10-5-11(17)7-12(18)6-10)24-8-14-25-13(9-26-14)16(19,20)21/h5-7,9H,2-4,8H2,1H3,(H2,22,23,24). The van der Waals surface area contributed by atoms with E-state index in [-0.39, 0.29) is 11.6 Å². The van der Waals surface area contributed by atoms with Crippen LogP contribution >= 0.6 is 11.3 Å². The number of nitrogens with one attached hydrogen (secondary N) is 2. The molecule has 2 N–H and O–H groups in total. The molecule has 0 fully saturated rings. The van der Waals surface area contributed by atoms with Crippen molar-refractivity contribution in [3.8, 4) is 0 Å². The monoisotopic (exact) mass is 392 g/mol. The minimum atomic E-state index is -4.47. The summed E-state index contributed by atoms with van der Waals surface area (Å²) in [6.45, 7) is 2.72. The van der Waals surface area contributed by atoms with Crippen LogP contribution in [0.2, 0.25) is 0 Å². The SMILES string of the molecule is CCNC(=NCc1nc(C(F)(F)F)cs1)NCCc1cc(F)cc(F)c1. The first kappa shape index (κ1) is 20.1. The van der Waals surface area contributed by atoms with Gasteiger partial charge in [-0.2, -0.15) is 13.2 Å². The molecule has 1 aromatic carbocycles. The van der Waals surface area contributed by atoms with Crippen molar-refractivity contribution in [1.82, 2.24) is 15.6 Å². The zero-order valence-corrected chi connectivity index (χ0v) is 14.6. The Morgan fingerprint density at radius 1 is 1.15 bits per heavy atom. The molecule has 4 nitrogen and oxygen atoms in total. The maximum absolute atomic E-state index is 13.1. The summed E-state index contributed by atoms with van der Waals surface area (Å²) in [5.74, 6) is -0.914. The minimum Gasteiger partial charge on any atom is -0.357 e. The summed E-state index contributed by atoms with van der Waals surface area (Å²) < 4.78 is 63.9. The summed E-state index contributed by atoms with van der Waals surface area (Å²) in [5, 5.41) is 7.09. The topological polar surface area (TPSA) is 49.3 Å². The lowest BCUT2D eigenvalue weighted by atomic mass is 10.1. The Balaban J connectivity index is 1.93. The zero-order valence-electron chi connectivity index (χ0n) is 13.8. The van der Waals surface area contributed by atoms with Crippen molar-refractivity contribution in [3.63, 3.8) is 0 Å². The van der Waals surface area contributed by atoms with Gasteiger partial charge in [0.1, 0.15) is 16.6 Å². The van der Waals surface area contributed by atoms with E-state index >= 15 is 0 Å². The highest BCUT2D eigenvalue weighted by molar-refractivity contribution is 7.09. The number of benzene rings is 1. The Morgan fingerprint density at radius 3 is 2.42 bits per heavy atom. The predicted molar refractivity (Wildman–Crippen MR) is 90.0 cm³/mol. The van der Waals surface area contributed by atoms with Crippen LogP contribution in [0.25, 0.3) is 0 Å². The highest BCUT2D eigenvalue weighted by atomic mass is 32.1. The van der Waals surface area contributed by atoms with Crippen LogP contribution in [0, 0.1) is 11.6 Å². The van der Waals surface area contributed by atoms with Crippen LogP contribution in [-0.2, 0) is 19.1 Å². The Bertz CT molecular complexity index is 737. The molecule has 10 heteroatoms. The van der Waals surface area contributed by atoms with Gasteiger partial charge in [-0.1, -0.05) is 0 Å². The molecule has 0 amide bonds. The smallest absolute Gasteiger partial charge is 0.357 e. The third-order valence-corrected chi connectivity index (χ3v) is 4.02. The van der Waals surface area contributed by atoms with Crippen molar-refractivity contribution in [3.05, 3.63) is 51.5 Å². The average Bonchev–Trinajstić information content (AvgIpc) is 3.01. The summed E-state index contributed by atoms with van der Waals surface area (Å²) in [6, 6.07) is 3.28. The van der Waals surface area contributed by atoms with Gasteiger partial charge in [-0.25, -0.2) is 18.8 Å². The van der Waals surface area contributed by atoms with Gasteiger partial charge < -0.3 is 10.6 Å². The van der Waals surface area contributed by atoms with E-state index in [1.807, 2.05) is 6.92 Å². The molecule has 2 rings (SSSR count). The van der Waals surface area contributed by atoms with Crippen molar-refractivity contribution in [2.45, 2.75) is 26.1 Å². The Morgan fingerprint density at radius 2 is 1.85 bits per heavy atom. The summed E-state index contributed by atoms with van der Waals surface area (Å²) in [5.41, 5.74) is -0.445. The van der Waals surface area contributed by atoms with Gasteiger partial charge in [0.15, 0.2) is 11.7 Å². The maximum Gasteiger partial charge on any atom is 0.434 e. The lowest BCUT2D eigenvalue weighted by Gasteiger charge is -2.11. The first-order chi connectivity index (χ1) is 12.3. The first-order valence-electron chi connectivity index (χ1n) is 7.76. The van der Waals surface area contributed by atoms with E-state index in [4.69, 9.17) is 0 Å². The van der Waals surface area contributed by atoms with E-state index in [9.17, 15) is 22.0 Å². The predicted octanol–water partition coefficient (Wildman–Crippen LogP) is 3.74. The molecule has 26 heavy (non-hydrogen) atoms. The number of hydrogen-bond acceptors (Lipinski definition) is 3. The van der Waals surface area contributed by atoms with E-state index in [0.29, 0.717) is 31.0 Å². The molecule has 0 aliphatic rings. The van der Waals surface area contributed by atoms with E-state index < -0.39 is 23.5 Å². The van der Waals surface area contributed by atoms with Gasteiger partial charge in [-0.15, -0.1) is 11.3 Å². The van der Waals surface area contributed by atoms with Gasteiger partial charge in [0.2, 0.25) is 0 Å². The summed E-state index contributed by atoms with van der Waals surface area (Å²) in [4.78, 5) is 7.68. The molecule has 0 unspecified atom stereocenters. The molecule has 0 aliphatic heterocycles. The summed E-state index contributed by atoms with van der Waals surface area (Å²) in [7, 11) is 0. The molecular formula is C16H17F5N4S. The van der Waals surface area contributed by atoms with Crippen molar-refractivity contribution in [1.29, 1.82) is 0 Å². The van der Waals surface area contributed by atoms with Crippen LogP contribution in [0.4, 0.5) is 22.0 Å². The number of nitrogens with zero attached hydrogens (tertiary/aromatic N) is 2. The first-order valence-corrected chi connectivity index (χ1v) is 8.64. The molecule has 0 saturated carbocycles. The molecule has 1 heterocycles. The average molecular weight is 392 g/mol. The van der Waals surface area contributed by atoms with Gasteiger partial charge >= 0.3 is 6.18 Å². The fourth-order valence-electron chi connectivity index (χ4n) is 2.08. The van der Waals surface area contributed by atoms with Gasteiger partial charge in [-0.3, -0.25) is 0 Å². The highest BCUT2D eigenvalue weighted by Gasteiger charge is 2.33. The van der Waals surface area contributed by atoms with Crippen molar-refractivity contribution in [2.24, 2.45) is 4.99 Å². The molecule has 0 atom stereocenters. The van der Waals surface area contributed by atoms with E-state index in [2.05, 4.69) is 20.6 Å². The number of aromatic nitrogens is 1. The van der Waals surface area contributed by atoms with Crippen LogP contribution in [0.1, 0.15) is 23.2 Å². The van der Waals surface area contributed by atoms with Crippen LogP contribution in [0.5, 0.6) is 0 Å². The van der Waals surface area contributed by atoms with Crippen molar-refractivity contribution >= 4 is 17.3 Å². The molecule has 0 spiro atoms. The number of halogens is 5. The number of guanidine groups is 1. The normalized spacial score (nSPS) is 12.3. The summed E-state index contributed by atoms with van der Waals surface area (Å²) >= 11 is 0.883. The fraction of sp³-hybridized carbons (Fsp3) is 0.375. The zero-order chi connectivity index (χ0) is 19.2. The molecule has 0 aliphatic carbocycles. The van der Waals surface area contributed by atoms with Gasteiger partial charge in [0.25, 0.3) is 0 Å². The molecule has 2 aromatic rings. The van der Waals surface area contributed by atoms with Crippen LogP contribution in [0.3, 0.4) is 0 Å². The fourth-order valence-corrected chi connectivity index (χ4v) is 2.81. The number of hydrogen-bond donors (Lipinski definition) is 2. The number of aliphatic imine (C=N–C) groups is 1. The Kier molecular flexibility index (Phi) is 6.90. The van der Waals surface area contributed by atoms with E-state index in [0.717, 1.165) is 22.8 Å². The Hall–Kier alpha value is -2.23. The lowest BCUT2D eigenvalue weighted by molar-refractivity contribution is -0.140. The lowest BCUT2D eigenvalue weighted by Crippen LogP contribution is -2.38. The minimum absolute atomic E-state index is 0.00925. The van der Waals surface area contributed by atoms with Crippen LogP contribution in [0.15, 0.2) is 28.6 Å². The quantitative estimate of drug-likeness (QED) is 0.447. The molecule has 1 aromatic heterocycles. The molecule has 0 radical (unpaired) electrons. The van der Waals surface area contributed by atoms with Crippen LogP contribution in [-0.4, -0.2) is 24.0 Å². The largest absolute Gasteiger partial charge is 0.434 e. The van der Waals surface area contributed by atoms with Crippen molar-refractivity contribution < 1.29 is 22.0 Å². The second-order valence-electron chi connectivity index (χ2n) is 5.27. The molecule has 0 bridgehead atoms. The maximum atomic E-state index is 13.1. The van der Waals surface area contributed by atoms with Gasteiger partial charge in [0.05, 0.1) is 6.54 Å².